The molecule has 0 bridgehead atoms. The maximum absolute atomic E-state index is 13.6. The molecule has 3 aromatic rings. The van der Waals surface area contributed by atoms with Crippen molar-refractivity contribution in [2.45, 2.75) is 37.1 Å². The SMILES string of the molecule is COc1ccccc1-c1nc(CS(C)(=O)=O)c2n1CCN(C(=O)C1(c3ccccc3)CC1)C2. The molecule has 2 aliphatic rings. The van der Waals surface area contributed by atoms with E-state index < -0.39 is 15.3 Å². The number of aromatic nitrogens is 2. The van der Waals surface area contributed by atoms with Crippen molar-refractivity contribution in [3.8, 4) is 17.1 Å². The van der Waals surface area contributed by atoms with Crippen molar-refractivity contribution in [3.05, 3.63) is 71.5 Å². The summed E-state index contributed by atoms with van der Waals surface area (Å²) < 4.78 is 31.9. The first-order valence-electron chi connectivity index (χ1n) is 11.1. The quantitative estimate of drug-likeness (QED) is 0.559. The number of hydrogen-bond acceptors (Lipinski definition) is 5. The van der Waals surface area contributed by atoms with Gasteiger partial charge in [-0.05, 0) is 30.5 Å². The molecule has 0 unspecified atom stereocenters. The van der Waals surface area contributed by atoms with Crippen LogP contribution in [0.3, 0.4) is 0 Å². The number of fused-ring (bicyclic) bond motifs is 1. The standard InChI is InChI=1S/C25H27N3O4S/c1-32-22-11-7-6-10-19(22)23-26-20(17-33(2,30)31)21-16-27(14-15-28(21)23)24(29)25(12-13-25)18-8-4-3-5-9-18/h3-11H,12-17H2,1-2H3. The number of ether oxygens (including phenoxy) is 1. The van der Waals surface area contributed by atoms with Crippen LogP contribution in [0.25, 0.3) is 11.4 Å². The number of hydrogen-bond donors (Lipinski definition) is 0. The molecule has 1 fully saturated rings. The van der Waals surface area contributed by atoms with Gasteiger partial charge in [0.25, 0.3) is 0 Å². The Bertz CT molecular complexity index is 1310. The zero-order valence-electron chi connectivity index (χ0n) is 18.8. The van der Waals surface area contributed by atoms with E-state index in [4.69, 9.17) is 9.72 Å². The number of amides is 1. The Morgan fingerprint density at radius 1 is 1.06 bits per heavy atom. The minimum atomic E-state index is -3.30. The van der Waals surface area contributed by atoms with Gasteiger partial charge in [-0.1, -0.05) is 42.5 Å². The van der Waals surface area contributed by atoms with E-state index in [1.807, 2.05) is 64.1 Å². The van der Waals surface area contributed by atoms with Crippen molar-refractivity contribution in [3.63, 3.8) is 0 Å². The van der Waals surface area contributed by atoms with Crippen LogP contribution in [-0.4, -0.2) is 48.7 Å². The van der Waals surface area contributed by atoms with Gasteiger partial charge in [-0.2, -0.15) is 0 Å². The molecule has 1 saturated carbocycles. The highest BCUT2D eigenvalue weighted by molar-refractivity contribution is 7.89. The van der Waals surface area contributed by atoms with Gasteiger partial charge in [0.15, 0.2) is 9.84 Å². The van der Waals surface area contributed by atoms with Gasteiger partial charge in [0.05, 0.1) is 41.8 Å². The molecule has 0 saturated heterocycles. The van der Waals surface area contributed by atoms with E-state index in [-0.39, 0.29) is 11.7 Å². The van der Waals surface area contributed by atoms with Gasteiger partial charge >= 0.3 is 0 Å². The molecule has 33 heavy (non-hydrogen) atoms. The molecule has 2 aromatic carbocycles. The van der Waals surface area contributed by atoms with E-state index in [0.717, 1.165) is 29.7 Å². The third kappa shape index (κ3) is 3.93. The molecule has 172 valence electrons. The van der Waals surface area contributed by atoms with Crippen LogP contribution in [0.4, 0.5) is 0 Å². The van der Waals surface area contributed by atoms with E-state index in [2.05, 4.69) is 0 Å². The van der Waals surface area contributed by atoms with Crippen LogP contribution in [0.1, 0.15) is 29.8 Å². The number of para-hydroxylation sites is 1. The number of benzene rings is 2. The lowest BCUT2D eigenvalue weighted by Gasteiger charge is -2.32. The summed E-state index contributed by atoms with van der Waals surface area (Å²) in [5.41, 5.74) is 2.69. The summed E-state index contributed by atoms with van der Waals surface area (Å²) in [6, 6.07) is 17.5. The smallest absolute Gasteiger partial charge is 0.233 e. The predicted molar refractivity (Wildman–Crippen MR) is 126 cm³/mol. The first-order chi connectivity index (χ1) is 15.8. The summed E-state index contributed by atoms with van der Waals surface area (Å²) in [7, 11) is -1.70. The van der Waals surface area contributed by atoms with Gasteiger partial charge < -0.3 is 14.2 Å². The summed E-state index contributed by atoms with van der Waals surface area (Å²) in [5, 5.41) is 0. The molecule has 7 nitrogen and oxygen atoms in total. The van der Waals surface area contributed by atoms with E-state index in [1.165, 1.54) is 6.26 Å². The fourth-order valence-electron chi connectivity index (χ4n) is 4.82. The topological polar surface area (TPSA) is 81.5 Å². The predicted octanol–water partition coefficient (Wildman–Crippen LogP) is 3.18. The van der Waals surface area contributed by atoms with Crippen molar-refractivity contribution in [1.29, 1.82) is 0 Å². The van der Waals surface area contributed by atoms with Crippen molar-refractivity contribution < 1.29 is 17.9 Å². The van der Waals surface area contributed by atoms with Gasteiger partial charge in [0.2, 0.25) is 5.91 Å². The molecule has 0 N–H and O–H groups in total. The monoisotopic (exact) mass is 465 g/mol. The van der Waals surface area contributed by atoms with Crippen LogP contribution >= 0.6 is 0 Å². The summed E-state index contributed by atoms with van der Waals surface area (Å²) in [4.78, 5) is 20.2. The number of carbonyl (C=O) groups excluding carboxylic acids is 1. The Hall–Kier alpha value is -3.13. The van der Waals surface area contributed by atoms with Crippen molar-refractivity contribution in [2.75, 3.05) is 19.9 Å². The summed E-state index contributed by atoms with van der Waals surface area (Å²) in [5.74, 6) is 1.31. The zero-order chi connectivity index (χ0) is 23.2. The molecular formula is C25H27N3O4S. The lowest BCUT2D eigenvalue weighted by molar-refractivity contribution is -0.135. The minimum absolute atomic E-state index is 0.116. The molecule has 1 aromatic heterocycles. The normalized spacial score (nSPS) is 16.8. The highest BCUT2D eigenvalue weighted by atomic mass is 32.2. The summed E-state index contributed by atoms with van der Waals surface area (Å²) in [6.45, 7) is 1.45. The largest absolute Gasteiger partial charge is 0.496 e. The maximum atomic E-state index is 13.6. The number of rotatable bonds is 6. The van der Waals surface area contributed by atoms with Crippen LogP contribution in [0.2, 0.25) is 0 Å². The molecule has 2 heterocycles. The lowest BCUT2D eigenvalue weighted by Crippen LogP contribution is -2.44. The van der Waals surface area contributed by atoms with Crippen LogP contribution in [0.15, 0.2) is 54.6 Å². The fraction of sp³-hybridized carbons (Fsp3) is 0.360. The number of nitrogens with zero attached hydrogens (tertiary/aromatic N) is 3. The molecule has 1 aliphatic heterocycles. The Balaban J connectivity index is 1.53. The Morgan fingerprint density at radius 2 is 1.76 bits per heavy atom. The Labute approximate surface area is 193 Å². The average molecular weight is 466 g/mol. The molecule has 0 radical (unpaired) electrons. The molecule has 1 amide bonds. The number of imidazole rings is 1. The molecular weight excluding hydrogens is 438 g/mol. The second-order valence-corrected chi connectivity index (χ2v) is 11.1. The highest BCUT2D eigenvalue weighted by Crippen LogP contribution is 2.50. The average Bonchev–Trinajstić information content (AvgIpc) is 3.56. The van der Waals surface area contributed by atoms with E-state index in [1.54, 1.807) is 7.11 Å². The molecule has 1 aliphatic carbocycles. The third-order valence-corrected chi connectivity index (χ3v) is 7.41. The van der Waals surface area contributed by atoms with Crippen LogP contribution in [0, 0.1) is 0 Å². The number of sulfone groups is 1. The third-order valence-electron chi connectivity index (χ3n) is 6.61. The molecule has 5 rings (SSSR count). The van der Waals surface area contributed by atoms with Crippen LogP contribution in [-0.2, 0) is 38.9 Å². The van der Waals surface area contributed by atoms with Crippen molar-refractivity contribution >= 4 is 15.7 Å². The number of carbonyl (C=O) groups is 1. The lowest BCUT2D eigenvalue weighted by atomic mass is 9.94. The van der Waals surface area contributed by atoms with Gasteiger partial charge in [0, 0.05) is 19.3 Å². The minimum Gasteiger partial charge on any atom is -0.496 e. The van der Waals surface area contributed by atoms with Crippen molar-refractivity contribution in [1.82, 2.24) is 14.5 Å². The Kier molecular flexibility index (Phi) is 5.28. The highest BCUT2D eigenvalue weighted by Gasteiger charge is 2.53. The number of methoxy groups -OCH3 is 1. The van der Waals surface area contributed by atoms with E-state index in [0.29, 0.717) is 36.9 Å². The molecule has 0 spiro atoms. The van der Waals surface area contributed by atoms with E-state index in [9.17, 15) is 13.2 Å². The maximum Gasteiger partial charge on any atom is 0.233 e. The first-order valence-corrected chi connectivity index (χ1v) is 13.1. The second kappa shape index (κ2) is 8.02. The van der Waals surface area contributed by atoms with Crippen LogP contribution in [0.5, 0.6) is 5.75 Å². The molecule has 0 atom stereocenters. The van der Waals surface area contributed by atoms with Gasteiger partial charge in [-0.3, -0.25) is 4.79 Å². The fourth-order valence-corrected chi connectivity index (χ4v) is 5.55. The molecule has 8 heteroatoms. The van der Waals surface area contributed by atoms with Gasteiger partial charge in [0.1, 0.15) is 11.6 Å². The summed E-state index contributed by atoms with van der Waals surface area (Å²) in [6.07, 6.45) is 2.89. The van der Waals surface area contributed by atoms with E-state index >= 15 is 0 Å². The van der Waals surface area contributed by atoms with Gasteiger partial charge in [-0.25, -0.2) is 13.4 Å². The zero-order valence-corrected chi connectivity index (χ0v) is 19.6. The second-order valence-electron chi connectivity index (χ2n) is 8.93. The summed E-state index contributed by atoms with van der Waals surface area (Å²) >= 11 is 0. The Morgan fingerprint density at radius 3 is 2.42 bits per heavy atom. The van der Waals surface area contributed by atoms with Crippen molar-refractivity contribution in [2.24, 2.45) is 0 Å². The first kappa shape index (κ1) is 21.7. The van der Waals surface area contributed by atoms with Gasteiger partial charge in [-0.15, -0.1) is 0 Å². The van der Waals surface area contributed by atoms with Crippen LogP contribution < -0.4 is 4.74 Å².